The summed E-state index contributed by atoms with van der Waals surface area (Å²) in [7, 11) is 0. The molecule has 3 rings (SSSR count). The van der Waals surface area contributed by atoms with Crippen LogP contribution >= 0.6 is 12.2 Å². The van der Waals surface area contributed by atoms with Crippen molar-refractivity contribution in [3.05, 3.63) is 70.4 Å². The van der Waals surface area contributed by atoms with E-state index in [9.17, 15) is 4.79 Å². The van der Waals surface area contributed by atoms with Gasteiger partial charge in [0.2, 0.25) is 0 Å². The van der Waals surface area contributed by atoms with Crippen LogP contribution in [-0.2, 0) is 6.54 Å². The van der Waals surface area contributed by atoms with Crippen LogP contribution in [-0.4, -0.2) is 19.2 Å². The lowest BCUT2D eigenvalue weighted by atomic mass is 10.1. The van der Waals surface area contributed by atoms with Crippen molar-refractivity contribution < 1.29 is 0 Å². The molecule has 5 nitrogen and oxygen atoms in total. The van der Waals surface area contributed by atoms with E-state index in [0.717, 1.165) is 11.1 Å². The SMILES string of the molecule is NC(=S)c1ccccc1Cn1ccn2nccc2c1=O. The molecule has 0 aliphatic carbocycles. The average Bonchev–Trinajstić information content (AvgIpc) is 2.91. The molecule has 0 atom stereocenters. The third-order valence-electron chi connectivity index (χ3n) is 3.16. The number of hydrogen-bond acceptors (Lipinski definition) is 3. The van der Waals surface area contributed by atoms with E-state index in [0.29, 0.717) is 17.0 Å². The summed E-state index contributed by atoms with van der Waals surface area (Å²) in [4.78, 5) is 12.6. The summed E-state index contributed by atoms with van der Waals surface area (Å²) < 4.78 is 3.17. The Hall–Kier alpha value is -2.47. The molecular formula is C14H12N4OS. The third kappa shape index (κ3) is 2.10. The van der Waals surface area contributed by atoms with E-state index in [4.69, 9.17) is 18.0 Å². The second-order valence-electron chi connectivity index (χ2n) is 4.41. The van der Waals surface area contributed by atoms with Gasteiger partial charge in [-0.25, -0.2) is 4.52 Å². The predicted molar refractivity (Wildman–Crippen MR) is 80.9 cm³/mol. The lowest BCUT2D eigenvalue weighted by Gasteiger charge is -2.10. The molecule has 3 aromatic rings. The molecule has 6 heteroatoms. The average molecular weight is 284 g/mol. The number of aromatic nitrogens is 3. The topological polar surface area (TPSA) is 65.3 Å². The van der Waals surface area contributed by atoms with Gasteiger partial charge in [-0.1, -0.05) is 36.5 Å². The number of rotatable bonds is 3. The Morgan fingerprint density at radius 2 is 2.05 bits per heavy atom. The summed E-state index contributed by atoms with van der Waals surface area (Å²) in [5, 5.41) is 4.04. The molecule has 0 radical (unpaired) electrons. The first kappa shape index (κ1) is 12.6. The maximum absolute atomic E-state index is 12.3. The quantitative estimate of drug-likeness (QED) is 0.733. The number of nitrogens with two attached hydrogens (primary N) is 1. The highest BCUT2D eigenvalue weighted by Gasteiger charge is 2.08. The Kier molecular flexibility index (Phi) is 3.08. The highest BCUT2D eigenvalue weighted by Crippen LogP contribution is 2.10. The van der Waals surface area contributed by atoms with Crippen LogP contribution in [0.3, 0.4) is 0 Å². The maximum Gasteiger partial charge on any atom is 0.276 e. The summed E-state index contributed by atoms with van der Waals surface area (Å²) in [6.07, 6.45) is 5.06. The molecule has 0 spiro atoms. The molecule has 2 aromatic heterocycles. The lowest BCUT2D eigenvalue weighted by Crippen LogP contribution is -2.23. The van der Waals surface area contributed by atoms with Gasteiger partial charge in [0.25, 0.3) is 5.56 Å². The Morgan fingerprint density at radius 1 is 1.25 bits per heavy atom. The Balaban J connectivity index is 2.08. The smallest absolute Gasteiger partial charge is 0.276 e. The fraction of sp³-hybridized carbons (Fsp3) is 0.0714. The minimum Gasteiger partial charge on any atom is -0.389 e. The van der Waals surface area contributed by atoms with E-state index < -0.39 is 0 Å². The van der Waals surface area contributed by atoms with E-state index in [1.807, 2.05) is 24.3 Å². The largest absolute Gasteiger partial charge is 0.389 e. The number of fused-ring (bicyclic) bond motifs is 1. The summed E-state index contributed by atoms with van der Waals surface area (Å²) in [5.41, 5.74) is 7.87. The fourth-order valence-corrected chi connectivity index (χ4v) is 2.37. The molecule has 0 aliphatic heterocycles. The van der Waals surface area contributed by atoms with Crippen molar-refractivity contribution in [2.24, 2.45) is 5.73 Å². The van der Waals surface area contributed by atoms with Gasteiger partial charge < -0.3 is 10.3 Å². The molecule has 100 valence electrons. The van der Waals surface area contributed by atoms with Gasteiger partial charge in [0, 0.05) is 18.0 Å². The second kappa shape index (κ2) is 4.90. The Bertz CT molecular complexity index is 850. The molecule has 2 heterocycles. The highest BCUT2D eigenvalue weighted by molar-refractivity contribution is 7.80. The van der Waals surface area contributed by atoms with Crippen molar-refractivity contribution in [1.29, 1.82) is 0 Å². The molecule has 0 aliphatic rings. The predicted octanol–water partition coefficient (Wildman–Crippen LogP) is 1.18. The minimum atomic E-state index is -0.0947. The zero-order valence-electron chi connectivity index (χ0n) is 10.6. The normalized spacial score (nSPS) is 10.8. The molecule has 20 heavy (non-hydrogen) atoms. The molecule has 0 unspecified atom stereocenters. The molecule has 0 bridgehead atoms. The van der Waals surface area contributed by atoms with Crippen molar-refractivity contribution in [3.63, 3.8) is 0 Å². The van der Waals surface area contributed by atoms with Gasteiger partial charge in [0.05, 0.1) is 12.7 Å². The van der Waals surface area contributed by atoms with E-state index >= 15 is 0 Å². The van der Waals surface area contributed by atoms with Crippen LogP contribution in [0.5, 0.6) is 0 Å². The van der Waals surface area contributed by atoms with Crippen LogP contribution in [0, 0.1) is 0 Å². The van der Waals surface area contributed by atoms with Gasteiger partial charge in [-0.05, 0) is 11.6 Å². The van der Waals surface area contributed by atoms with E-state index in [2.05, 4.69) is 5.10 Å². The van der Waals surface area contributed by atoms with Gasteiger partial charge in [-0.2, -0.15) is 5.10 Å². The van der Waals surface area contributed by atoms with Gasteiger partial charge >= 0.3 is 0 Å². The maximum atomic E-state index is 12.3. The van der Waals surface area contributed by atoms with E-state index in [1.165, 1.54) is 0 Å². The van der Waals surface area contributed by atoms with Crippen molar-refractivity contribution in [3.8, 4) is 0 Å². The van der Waals surface area contributed by atoms with Crippen LogP contribution in [0.2, 0.25) is 0 Å². The number of benzene rings is 1. The minimum absolute atomic E-state index is 0.0947. The molecule has 0 amide bonds. The van der Waals surface area contributed by atoms with Crippen molar-refractivity contribution in [1.82, 2.24) is 14.2 Å². The monoisotopic (exact) mass is 284 g/mol. The zero-order valence-corrected chi connectivity index (χ0v) is 11.4. The Labute approximate surface area is 120 Å². The molecule has 1 aromatic carbocycles. The molecule has 0 saturated carbocycles. The van der Waals surface area contributed by atoms with Crippen molar-refractivity contribution >= 4 is 22.7 Å². The first-order valence-electron chi connectivity index (χ1n) is 6.07. The van der Waals surface area contributed by atoms with Crippen LogP contribution in [0.1, 0.15) is 11.1 Å². The first-order chi connectivity index (χ1) is 9.66. The van der Waals surface area contributed by atoms with Crippen LogP contribution in [0.4, 0.5) is 0 Å². The summed E-state index contributed by atoms with van der Waals surface area (Å²) in [6, 6.07) is 9.25. The standard InChI is InChI=1S/C14H12N4OS/c15-13(20)11-4-2-1-3-10(11)9-17-7-8-18-12(14(17)19)5-6-16-18/h1-8H,9H2,(H2,15,20). The molecular weight excluding hydrogens is 272 g/mol. The van der Waals surface area contributed by atoms with Gasteiger partial charge in [0.1, 0.15) is 10.5 Å². The van der Waals surface area contributed by atoms with Gasteiger partial charge in [0.15, 0.2) is 0 Å². The summed E-state index contributed by atoms with van der Waals surface area (Å²) in [6.45, 7) is 0.425. The molecule has 0 fully saturated rings. The third-order valence-corrected chi connectivity index (χ3v) is 3.38. The first-order valence-corrected chi connectivity index (χ1v) is 6.48. The molecule has 0 saturated heterocycles. The summed E-state index contributed by atoms with van der Waals surface area (Å²) >= 11 is 5.04. The van der Waals surface area contributed by atoms with Crippen LogP contribution in [0.25, 0.3) is 5.52 Å². The summed E-state index contributed by atoms with van der Waals surface area (Å²) in [5.74, 6) is 0. The van der Waals surface area contributed by atoms with Crippen LogP contribution in [0.15, 0.2) is 53.7 Å². The second-order valence-corrected chi connectivity index (χ2v) is 4.85. The van der Waals surface area contributed by atoms with Crippen LogP contribution < -0.4 is 11.3 Å². The molecule has 2 N–H and O–H groups in total. The number of nitrogens with zero attached hydrogens (tertiary/aromatic N) is 3. The lowest BCUT2D eigenvalue weighted by molar-refractivity contribution is 0.742. The highest BCUT2D eigenvalue weighted by atomic mass is 32.1. The number of thiocarbonyl (C=S) groups is 1. The van der Waals surface area contributed by atoms with Gasteiger partial charge in [-0.15, -0.1) is 0 Å². The van der Waals surface area contributed by atoms with Crippen molar-refractivity contribution in [2.75, 3.05) is 0 Å². The zero-order chi connectivity index (χ0) is 14.1. The van der Waals surface area contributed by atoms with Crippen molar-refractivity contribution in [2.45, 2.75) is 6.54 Å². The Morgan fingerprint density at radius 3 is 2.85 bits per heavy atom. The number of hydrogen-bond donors (Lipinski definition) is 1. The van der Waals surface area contributed by atoms with Gasteiger partial charge in [-0.3, -0.25) is 4.79 Å². The van der Waals surface area contributed by atoms with E-state index in [-0.39, 0.29) is 5.56 Å². The van der Waals surface area contributed by atoms with E-state index in [1.54, 1.807) is 33.7 Å². The fourth-order valence-electron chi connectivity index (χ4n) is 2.17.